The fourth-order valence-electron chi connectivity index (χ4n) is 1.68. The van der Waals surface area contributed by atoms with E-state index in [1.807, 2.05) is 0 Å². The van der Waals surface area contributed by atoms with Crippen LogP contribution in [0.2, 0.25) is 0 Å². The molecule has 1 amide bonds. The molecule has 0 aromatic heterocycles. The highest BCUT2D eigenvalue weighted by molar-refractivity contribution is 5.96. The maximum Gasteiger partial charge on any atom is 0.323 e. The second-order valence-corrected chi connectivity index (χ2v) is 4.20. The van der Waals surface area contributed by atoms with Crippen LogP contribution in [0, 0.1) is 18.6 Å². The first-order chi connectivity index (χ1) is 8.86. The van der Waals surface area contributed by atoms with Crippen molar-refractivity contribution >= 4 is 11.9 Å². The summed E-state index contributed by atoms with van der Waals surface area (Å²) < 4.78 is 26.7. The minimum absolute atomic E-state index is 0.136. The molecular formula is C13H15F2NO3. The molecule has 0 bridgehead atoms. The Kier molecular flexibility index (Phi) is 4.97. The Hall–Kier alpha value is -1.98. The highest BCUT2D eigenvalue weighted by Gasteiger charge is 2.22. The van der Waals surface area contributed by atoms with Crippen molar-refractivity contribution < 1.29 is 23.5 Å². The number of benzene rings is 1. The standard InChI is InChI=1S/C13H15F2NO3/c1-3-4-16(7-12(17)18)13(19)9-5-8(2)10(14)6-11(9)15/h5-6H,3-4,7H2,1-2H3,(H,17,18). The average Bonchev–Trinajstić information content (AvgIpc) is 2.32. The Balaban J connectivity index is 3.08. The summed E-state index contributed by atoms with van der Waals surface area (Å²) in [5, 5.41) is 8.73. The van der Waals surface area contributed by atoms with Gasteiger partial charge >= 0.3 is 5.97 Å². The summed E-state index contributed by atoms with van der Waals surface area (Å²) in [5.41, 5.74) is -0.176. The summed E-state index contributed by atoms with van der Waals surface area (Å²) in [6, 6.07) is 1.73. The van der Waals surface area contributed by atoms with E-state index in [4.69, 9.17) is 5.11 Å². The van der Waals surface area contributed by atoms with Crippen molar-refractivity contribution in [3.63, 3.8) is 0 Å². The SMILES string of the molecule is CCCN(CC(=O)O)C(=O)c1cc(C)c(F)cc1F. The van der Waals surface area contributed by atoms with Gasteiger partial charge < -0.3 is 10.0 Å². The smallest absolute Gasteiger partial charge is 0.323 e. The molecule has 1 aromatic rings. The minimum Gasteiger partial charge on any atom is -0.480 e. The van der Waals surface area contributed by atoms with Gasteiger partial charge in [-0.3, -0.25) is 9.59 Å². The number of halogens is 2. The van der Waals surface area contributed by atoms with E-state index < -0.39 is 30.1 Å². The van der Waals surface area contributed by atoms with E-state index in [1.165, 1.54) is 6.92 Å². The van der Waals surface area contributed by atoms with Gasteiger partial charge in [0.25, 0.3) is 5.91 Å². The van der Waals surface area contributed by atoms with E-state index in [1.54, 1.807) is 6.92 Å². The van der Waals surface area contributed by atoms with Crippen LogP contribution in [0.1, 0.15) is 29.3 Å². The monoisotopic (exact) mass is 271 g/mol. The van der Waals surface area contributed by atoms with Crippen molar-refractivity contribution in [2.45, 2.75) is 20.3 Å². The van der Waals surface area contributed by atoms with Crippen molar-refractivity contribution in [3.05, 3.63) is 34.9 Å². The molecule has 104 valence electrons. The molecule has 4 nitrogen and oxygen atoms in total. The van der Waals surface area contributed by atoms with Crippen LogP contribution in [-0.4, -0.2) is 35.0 Å². The molecular weight excluding hydrogens is 256 g/mol. The predicted molar refractivity (Wildman–Crippen MR) is 64.9 cm³/mol. The minimum atomic E-state index is -1.18. The van der Waals surface area contributed by atoms with Gasteiger partial charge in [0.05, 0.1) is 5.56 Å². The average molecular weight is 271 g/mol. The lowest BCUT2D eigenvalue weighted by Crippen LogP contribution is -2.36. The third kappa shape index (κ3) is 3.74. The van der Waals surface area contributed by atoms with Crippen LogP contribution in [0.5, 0.6) is 0 Å². The Morgan fingerprint density at radius 2 is 1.89 bits per heavy atom. The first kappa shape index (κ1) is 15.1. The Morgan fingerprint density at radius 3 is 2.42 bits per heavy atom. The molecule has 0 saturated heterocycles. The second kappa shape index (κ2) is 6.26. The molecule has 0 radical (unpaired) electrons. The van der Waals surface area contributed by atoms with Crippen LogP contribution >= 0.6 is 0 Å². The highest BCUT2D eigenvalue weighted by atomic mass is 19.1. The first-order valence-corrected chi connectivity index (χ1v) is 5.83. The van der Waals surface area contributed by atoms with E-state index in [0.29, 0.717) is 12.5 Å². The summed E-state index contributed by atoms with van der Waals surface area (Å²) in [6.07, 6.45) is 0.542. The quantitative estimate of drug-likeness (QED) is 0.893. The van der Waals surface area contributed by atoms with Crippen LogP contribution in [-0.2, 0) is 4.79 Å². The number of aliphatic carboxylic acids is 1. The summed E-state index contributed by atoms with van der Waals surface area (Å²) in [7, 11) is 0. The summed E-state index contributed by atoms with van der Waals surface area (Å²) in [4.78, 5) is 23.8. The first-order valence-electron chi connectivity index (χ1n) is 5.83. The van der Waals surface area contributed by atoms with Crippen LogP contribution in [0.4, 0.5) is 8.78 Å². The number of carbonyl (C=O) groups excluding carboxylic acids is 1. The van der Waals surface area contributed by atoms with Crippen molar-refractivity contribution in [3.8, 4) is 0 Å². The van der Waals surface area contributed by atoms with Crippen LogP contribution in [0.3, 0.4) is 0 Å². The molecule has 0 unspecified atom stereocenters. The largest absolute Gasteiger partial charge is 0.480 e. The lowest BCUT2D eigenvalue weighted by Gasteiger charge is -2.20. The summed E-state index contributed by atoms with van der Waals surface area (Å²) >= 11 is 0. The van der Waals surface area contributed by atoms with E-state index in [-0.39, 0.29) is 17.7 Å². The van der Waals surface area contributed by atoms with E-state index >= 15 is 0 Å². The van der Waals surface area contributed by atoms with Gasteiger partial charge in [-0.15, -0.1) is 0 Å². The van der Waals surface area contributed by atoms with Gasteiger partial charge in [-0.25, -0.2) is 8.78 Å². The van der Waals surface area contributed by atoms with E-state index in [2.05, 4.69) is 0 Å². The van der Waals surface area contributed by atoms with E-state index in [0.717, 1.165) is 11.0 Å². The third-order valence-corrected chi connectivity index (χ3v) is 2.59. The topological polar surface area (TPSA) is 57.6 Å². The molecule has 0 aliphatic rings. The van der Waals surface area contributed by atoms with Crippen LogP contribution < -0.4 is 0 Å². The van der Waals surface area contributed by atoms with Gasteiger partial charge in [-0.05, 0) is 25.0 Å². The molecule has 0 aliphatic heterocycles. The van der Waals surface area contributed by atoms with Gasteiger partial charge in [0.15, 0.2) is 0 Å². The molecule has 0 atom stereocenters. The Labute approximate surface area is 109 Å². The number of carboxylic acids is 1. The molecule has 0 fully saturated rings. The predicted octanol–water partition coefficient (Wildman–Crippen LogP) is 2.21. The third-order valence-electron chi connectivity index (χ3n) is 2.59. The molecule has 1 rings (SSSR count). The number of rotatable bonds is 5. The lowest BCUT2D eigenvalue weighted by molar-refractivity contribution is -0.137. The highest BCUT2D eigenvalue weighted by Crippen LogP contribution is 2.16. The normalized spacial score (nSPS) is 10.3. The maximum atomic E-state index is 13.6. The fourth-order valence-corrected chi connectivity index (χ4v) is 1.68. The molecule has 0 aliphatic carbocycles. The van der Waals surface area contributed by atoms with Crippen LogP contribution in [0.25, 0.3) is 0 Å². The van der Waals surface area contributed by atoms with Gasteiger partial charge in [-0.2, -0.15) is 0 Å². The molecule has 6 heteroatoms. The van der Waals surface area contributed by atoms with Crippen molar-refractivity contribution in [1.82, 2.24) is 4.90 Å². The molecule has 1 N–H and O–H groups in total. The Morgan fingerprint density at radius 1 is 1.26 bits per heavy atom. The van der Waals surface area contributed by atoms with Crippen molar-refractivity contribution in [1.29, 1.82) is 0 Å². The van der Waals surface area contributed by atoms with Crippen molar-refractivity contribution in [2.24, 2.45) is 0 Å². The number of amides is 1. The molecule has 0 heterocycles. The zero-order valence-corrected chi connectivity index (χ0v) is 10.7. The number of nitrogens with zero attached hydrogens (tertiary/aromatic N) is 1. The summed E-state index contributed by atoms with van der Waals surface area (Å²) in [6.45, 7) is 2.87. The zero-order valence-electron chi connectivity index (χ0n) is 10.7. The van der Waals surface area contributed by atoms with Gasteiger partial charge in [-0.1, -0.05) is 6.92 Å². The van der Waals surface area contributed by atoms with Gasteiger partial charge in [0, 0.05) is 12.6 Å². The van der Waals surface area contributed by atoms with Gasteiger partial charge in [0.2, 0.25) is 0 Å². The zero-order chi connectivity index (χ0) is 14.6. The molecule has 0 saturated carbocycles. The summed E-state index contributed by atoms with van der Waals surface area (Å²) in [5.74, 6) is -3.65. The molecule has 0 spiro atoms. The van der Waals surface area contributed by atoms with Crippen LogP contribution in [0.15, 0.2) is 12.1 Å². The van der Waals surface area contributed by atoms with E-state index in [9.17, 15) is 18.4 Å². The number of hydrogen-bond donors (Lipinski definition) is 1. The molecule has 19 heavy (non-hydrogen) atoms. The number of hydrogen-bond acceptors (Lipinski definition) is 2. The number of carboxylic acid groups (broad SMARTS) is 1. The van der Waals surface area contributed by atoms with Crippen molar-refractivity contribution in [2.75, 3.05) is 13.1 Å². The van der Waals surface area contributed by atoms with Gasteiger partial charge in [0.1, 0.15) is 18.2 Å². The maximum absolute atomic E-state index is 13.6. The number of carbonyl (C=O) groups is 2. The second-order valence-electron chi connectivity index (χ2n) is 4.20. The fraction of sp³-hybridized carbons (Fsp3) is 0.385. The lowest BCUT2D eigenvalue weighted by atomic mass is 10.1. The molecule has 1 aromatic carbocycles. The number of aryl methyl sites for hydroxylation is 1. The Bertz CT molecular complexity index is 503.